The summed E-state index contributed by atoms with van der Waals surface area (Å²) in [5, 5.41) is 14.2. The predicted molar refractivity (Wildman–Crippen MR) is 56.3 cm³/mol. The van der Waals surface area contributed by atoms with Crippen LogP contribution >= 0.6 is 0 Å². The van der Waals surface area contributed by atoms with E-state index in [4.69, 9.17) is 0 Å². The number of piperidine rings is 1. The molecular formula is C11H17N3O. The van der Waals surface area contributed by atoms with Crippen molar-refractivity contribution in [3.63, 3.8) is 0 Å². The van der Waals surface area contributed by atoms with E-state index in [1.165, 1.54) is 12.8 Å². The molecule has 1 aromatic rings. The topological polar surface area (TPSA) is 50.1 Å². The third kappa shape index (κ3) is 1.40. The second-order valence-electron chi connectivity index (χ2n) is 4.94. The van der Waals surface area contributed by atoms with Crippen molar-refractivity contribution >= 4 is 0 Å². The summed E-state index contributed by atoms with van der Waals surface area (Å²) in [7, 11) is 1.95. The molecule has 0 radical (unpaired) electrons. The zero-order chi connectivity index (χ0) is 10.5. The maximum absolute atomic E-state index is 10.7. The summed E-state index contributed by atoms with van der Waals surface area (Å²) in [6, 6.07) is 0.955. The lowest BCUT2D eigenvalue weighted by Gasteiger charge is -2.36. The molecule has 4 heteroatoms. The Kier molecular flexibility index (Phi) is 1.91. The highest BCUT2D eigenvalue weighted by molar-refractivity contribution is 5.11. The number of hydrogen-bond donors (Lipinski definition) is 2. The number of rotatable bonds is 1. The van der Waals surface area contributed by atoms with Gasteiger partial charge in [0.25, 0.3) is 0 Å². The predicted octanol–water partition coefficient (Wildman–Crippen LogP) is 0.522. The summed E-state index contributed by atoms with van der Waals surface area (Å²) in [4.78, 5) is 4.29. The molecule has 2 bridgehead atoms. The van der Waals surface area contributed by atoms with Crippen LogP contribution in [0.5, 0.6) is 0 Å². The Morgan fingerprint density at radius 1 is 1.47 bits per heavy atom. The molecule has 1 aromatic heterocycles. The molecule has 0 spiro atoms. The average Bonchev–Trinajstić information content (AvgIpc) is 2.73. The number of aromatic nitrogens is 2. The highest BCUT2D eigenvalue weighted by Gasteiger charge is 2.45. The van der Waals surface area contributed by atoms with Crippen molar-refractivity contribution in [3.05, 3.63) is 18.2 Å². The smallest absolute Gasteiger partial charge is 0.140 e. The normalized spacial score (nSPS) is 39.6. The average molecular weight is 207 g/mol. The molecule has 15 heavy (non-hydrogen) atoms. The van der Waals surface area contributed by atoms with E-state index in [9.17, 15) is 5.11 Å². The quantitative estimate of drug-likeness (QED) is 0.706. The molecule has 3 rings (SSSR count). The lowest BCUT2D eigenvalue weighted by molar-refractivity contribution is -0.0215. The Labute approximate surface area is 89.3 Å². The molecule has 3 heterocycles. The summed E-state index contributed by atoms with van der Waals surface area (Å²) in [6.45, 7) is 0. The first-order valence-corrected chi connectivity index (χ1v) is 5.64. The van der Waals surface area contributed by atoms with Gasteiger partial charge in [0.2, 0.25) is 0 Å². The number of aliphatic hydroxyl groups is 1. The minimum Gasteiger partial charge on any atom is -0.382 e. The minimum absolute atomic E-state index is 0.477. The second-order valence-corrected chi connectivity index (χ2v) is 4.94. The Morgan fingerprint density at radius 2 is 2.13 bits per heavy atom. The van der Waals surface area contributed by atoms with Crippen molar-refractivity contribution in [1.29, 1.82) is 0 Å². The Morgan fingerprint density at radius 3 is 2.67 bits per heavy atom. The first kappa shape index (κ1) is 9.36. The molecule has 2 saturated heterocycles. The molecular weight excluding hydrogens is 190 g/mol. The molecule has 0 amide bonds. The van der Waals surface area contributed by atoms with Crippen LogP contribution in [0.25, 0.3) is 0 Å². The van der Waals surface area contributed by atoms with Crippen LogP contribution in [0.4, 0.5) is 0 Å². The van der Waals surface area contributed by atoms with Crippen molar-refractivity contribution in [2.45, 2.75) is 43.4 Å². The van der Waals surface area contributed by atoms with Crippen LogP contribution in [0.1, 0.15) is 31.5 Å². The summed E-state index contributed by atoms with van der Waals surface area (Å²) >= 11 is 0. The van der Waals surface area contributed by atoms with Gasteiger partial charge >= 0.3 is 0 Å². The van der Waals surface area contributed by atoms with E-state index in [1.54, 1.807) is 6.20 Å². The van der Waals surface area contributed by atoms with Crippen LogP contribution in [0, 0.1) is 0 Å². The molecule has 2 aliphatic rings. The van der Waals surface area contributed by atoms with Gasteiger partial charge in [-0.2, -0.15) is 0 Å². The van der Waals surface area contributed by atoms with E-state index >= 15 is 0 Å². The number of aryl methyl sites for hydroxylation is 1. The van der Waals surface area contributed by atoms with Crippen LogP contribution in [-0.4, -0.2) is 26.7 Å². The Balaban J connectivity index is 1.94. The van der Waals surface area contributed by atoms with Crippen molar-refractivity contribution in [2.75, 3.05) is 0 Å². The van der Waals surface area contributed by atoms with E-state index in [2.05, 4.69) is 10.3 Å². The maximum atomic E-state index is 10.7. The van der Waals surface area contributed by atoms with Gasteiger partial charge in [-0.25, -0.2) is 4.98 Å². The fourth-order valence-corrected chi connectivity index (χ4v) is 3.12. The van der Waals surface area contributed by atoms with Gasteiger partial charge in [0.05, 0.1) is 0 Å². The first-order valence-electron chi connectivity index (χ1n) is 5.64. The highest BCUT2D eigenvalue weighted by Crippen LogP contribution is 2.39. The molecule has 2 aliphatic heterocycles. The van der Waals surface area contributed by atoms with Gasteiger partial charge in [0, 0.05) is 31.5 Å². The largest absolute Gasteiger partial charge is 0.382 e. The van der Waals surface area contributed by atoms with Gasteiger partial charge in [-0.3, -0.25) is 0 Å². The van der Waals surface area contributed by atoms with Crippen LogP contribution in [0.3, 0.4) is 0 Å². The zero-order valence-electron chi connectivity index (χ0n) is 8.98. The monoisotopic (exact) mass is 207 g/mol. The van der Waals surface area contributed by atoms with Gasteiger partial charge in [0.1, 0.15) is 11.4 Å². The van der Waals surface area contributed by atoms with Crippen LogP contribution in [0.2, 0.25) is 0 Å². The number of nitrogens with zero attached hydrogens (tertiary/aromatic N) is 2. The third-order valence-electron chi connectivity index (χ3n) is 3.74. The maximum Gasteiger partial charge on any atom is 0.140 e. The molecule has 3 atom stereocenters. The van der Waals surface area contributed by atoms with E-state index < -0.39 is 5.60 Å². The SMILES string of the molecule is Cn1ccnc1C1(O)C[C@H]2CC[C@@H](C1)N2. The van der Waals surface area contributed by atoms with Crippen LogP contribution in [0.15, 0.2) is 12.4 Å². The Bertz CT molecular complexity index is 362. The molecule has 0 saturated carbocycles. The standard InChI is InChI=1S/C11H17N3O/c1-14-5-4-12-10(14)11(15)6-8-2-3-9(7-11)13-8/h4-5,8-9,13,15H,2-3,6-7H2,1H3/t8-,9+,11?. The van der Waals surface area contributed by atoms with Crippen molar-refractivity contribution in [3.8, 4) is 0 Å². The third-order valence-corrected chi connectivity index (χ3v) is 3.74. The highest BCUT2D eigenvalue weighted by atomic mass is 16.3. The van der Waals surface area contributed by atoms with Crippen molar-refractivity contribution in [1.82, 2.24) is 14.9 Å². The molecule has 1 unspecified atom stereocenters. The first-order chi connectivity index (χ1) is 7.17. The fraction of sp³-hybridized carbons (Fsp3) is 0.727. The van der Waals surface area contributed by atoms with Gasteiger partial charge in [-0.15, -0.1) is 0 Å². The van der Waals surface area contributed by atoms with Crippen LogP contribution < -0.4 is 5.32 Å². The summed E-state index contributed by atoms with van der Waals surface area (Å²) in [5.74, 6) is 0.820. The van der Waals surface area contributed by atoms with E-state index in [0.29, 0.717) is 12.1 Å². The number of imidazole rings is 1. The molecule has 82 valence electrons. The van der Waals surface area contributed by atoms with Crippen molar-refractivity contribution < 1.29 is 5.11 Å². The number of nitrogens with one attached hydrogen (secondary N) is 1. The molecule has 0 aliphatic carbocycles. The minimum atomic E-state index is -0.713. The molecule has 4 nitrogen and oxygen atoms in total. The molecule has 2 N–H and O–H groups in total. The lowest BCUT2D eigenvalue weighted by atomic mass is 9.87. The van der Waals surface area contributed by atoms with Crippen molar-refractivity contribution in [2.24, 2.45) is 7.05 Å². The molecule has 2 fully saturated rings. The summed E-state index contributed by atoms with van der Waals surface area (Å²) in [5.41, 5.74) is -0.713. The lowest BCUT2D eigenvalue weighted by Crippen LogP contribution is -2.47. The van der Waals surface area contributed by atoms with Gasteiger partial charge in [-0.05, 0) is 25.7 Å². The van der Waals surface area contributed by atoms with Gasteiger partial charge < -0.3 is 15.0 Å². The van der Waals surface area contributed by atoms with E-state index in [0.717, 1.165) is 18.7 Å². The summed E-state index contributed by atoms with van der Waals surface area (Å²) in [6.07, 6.45) is 7.64. The van der Waals surface area contributed by atoms with E-state index in [-0.39, 0.29) is 0 Å². The number of fused-ring (bicyclic) bond motifs is 2. The zero-order valence-corrected chi connectivity index (χ0v) is 8.98. The summed E-state index contributed by atoms with van der Waals surface area (Å²) < 4.78 is 1.94. The molecule has 0 aromatic carbocycles. The van der Waals surface area contributed by atoms with Gasteiger partial charge in [-0.1, -0.05) is 0 Å². The van der Waals surface area contributed by atoms with Gasteiger partial charge in [0.15, 0.2) is 0 Å². The van der Waals surface area contributed by atoms with E-state index in [1.807, 2.05) is 17.8 Å². The van der Waals surface area contributed by atoms with Crippen LogP contribution in [-0.2, 0) is 12.6 Å². The Hall–Kier alpha value is -0.870. The fourth-order valence-electron chi connectivity index (χ4n) is 3.12. The number of hydrogen-bond acceptors (Lipinski definition) is 3. The second kappa shape index (κ2) is 3.06.